The molecule has 0 saturated carbocycles. The summed E-state index contributed by atoms with van der Waals surface area (Å²) in [6.45, 7) is -0.187. The van der Waals surface area contributed by atoms with Gasteiger partial charge in [-0.15, -0.1) is 11.8 Å². The number of anilines is 1. The summed E-state index contributed by atoms with van der Waals surface area (Å²) < 4.78 is 28.6. The van der Waals surface area contributed by atoms with E-state index >= 15 is 0 Å². The first kappa shape index (κ1) is 20.5. The van der Waals surface area contributed by atoms with E-state index in [0.717, 1.165) is 0 Å². The van der Waals surface area contributed by atoms with Gasteiger partial charge < -0.3 is 25.2 Å². The number of carboxylic acid groups (broad SMARTS) is 1. The monoisotopic (exact) mass is 447 g/mol. The van der Waals surface area contributed by atoms with Crippen LogP contribution in [0.25, 0.3) is 11.2 Å². The summed E-state index contributed by atoms with van der Waals surface area (Å²) in [6.07, 6.45) is -1.11. The number of phosphoric acid groups is 1. The van der Waals surface area contributed by atoms with E-state index in [-0.39, 0.29) is 13.0 Å². The predicted molar refractivity (Wildman–Crippen MR) is 99.1 cm³/mol. The lowest BCUT2D eigenvalue weighted by molar-refractivity contribution is -0.136. The predicted octanol–water partition coefficient (Wildman–Crippen LogP) is 0.178. The molecule has 4 heterocycles. The molecule has 2 aliphatic heterocycles. The molecule has 2 aromatic rings. The number of phosphoric ester groups is 1. The fourth-order valence-corrected chi connectivity index (χ4v) is 4.75. The van der Waals surface area contributed by atoms with Crippen LogP contribution >= 0.6 is 19.6 Å². The minimum atomic E-state index is -4.22. The Labute approximate surface area is 168 Å². The smallest absolute Gasteiger partial charge is 0.472 e. The minimum Gasteiger partial charge on any atom is -0.481 e. The molecule has 5 atom stereocenters. The Morgan fingerprint density at radius 3 is 3.03 bits per heavy atom. The standard InChI is InChI=1S/C14H18N5O8PS/c20-8(21)1-2-29-6-18-12-9-13(16-4-15-12)19(5-17-9)14-10(22)11-7(26-14)3-25-28(23,24)27-11/h4-5,7,10-11,14,22H,1-3,6H2,(H,20,21)(H,23,24)(H,15,16,18). The number of aliphatic hydroxyl groups is 1. The Kier molecular flexibility index (Phi) is 5.75. The van der Waals surface area contributed by atoms with Crippen molar-refractivity contribution in [3.05, 3.63) is 12.7 Å². The molecule has 15 heteroatoms. The third-order valence-corrected chi connectivity index (χ3v) is 6.23. The lowest BCUT2D eigenvalue weighted by Gasteiger charge is -2.27. The summed E-state index contributed by atoms with van der Waals surface area (Å²) in [5.74, 6) is 0.465. The van der Waals surface area contributed by atoms with Crippen molar-refractivity contribution in [3.8, 4) is 0 Å². The molecule has 0 bridgehead atoms. The maximum absolute atomic E-state index is 11.6. The van der Waals surface area contributed by atoms with Crippen LogP contribution in [-0.2, 0) is 23.1 Å². The first-order valence-electron chi connectivity index (χ1n) is 8.56. The van der Waals surface area contributed by atoms with E-state index < -0.39 is 38.3 Å². The van der Waals surface area contributed by atoms with Crippen LogP contribution in [0.5, 0.6) is 0 Å². The molecule has 2 aliphatic rings. The number of imidazole rings is 1. The normalized spacial score (nSPS) is 31.7. The van der Waals surface area contributed by atoms with Gasteiger partial charge in [0.25, 0.3) is 0 Å². The van der Waals surface area contributed by atoms with Gasteiger partial charge in [-0.2, -0.15) is 0 Å². The number of hydrogen-bond acceptors (Lipinski definition) is 11. The number of rotatable bonds is 7. The number of aliphatic carboxylic acids is 1. The van der Waals surface area contributed by atoms with Crippen LogP contribution in [0.2, 0.25) is 0 Å². The third kappa shape index (κ3) is 4.23. The zero-order valence-electron chi connectivity index (χ0n) is 14.8. The molecule has 4 N–H and O–H groups in total. The molecule has 4 rings (SSSR count). The molecular formula is C14H18N5O8PS. The van der Waals surface area contributed by atoms with Crippen LogP contribution < -0.4 is 5.32 Å². The highest BCUT2D eigenvalue weighted by Gasteiger charge is 2.52. The molecule has 2 aromatic heterocycles. The van der Waals surface area contributed by atoms with Crippen molar-refractivity contribution in [2.45, 2.75) is 31.0 Å². The highest BCUT2D eigenvalue weighted by Crippen LogP contribution is 2.52. The Morgan fingerprint density at radius 2 is 2.24 bits per heavy atom. The molecule has 0 aliphatic carbocycles. The SMILES string of the molecule is O=C(O)CCSCNc1ncnc2c1ncn2C1OC2COP(=O)(O)OC2C1O. The minimum absolute atomic E-state index is 0.0615. The van der Waals surface area contributed by atoms with Gasteiger partial charge in [0.2, 0.25) is 0 Å². The number of nitrogens with zero attached hydrogens (tertiary/aromatic N) is 4. The third-order valence-electron chi connectivity index (χ3n) is 4.40. The largest absolute Gasteiger partial charge is 0.481 e. The highest BCUT2D eigenvalue weighted by atomic mass is 32.2. The zero-order valence-corrected chi connectivity index (χ0v) is 16.5. The molecule has 2 fully saturated rings. The molecule has 2 saturated heterocycles. The number of thioether (sulfide) groups is 1. The van der Waals surface area contributed by atoms with Crippen LogP contribution in [0.15, 0.2) is 12.7 Å². The molecule has 0 spiro atoms. The lowest BCUT2D eigenvalue weighted by atomic mass is 10.1. The summed E-state index contributed by atoms with van der Waals surface area (Å²) >= 11 is 1.40. The van der Waals surface area contributed by atoms with Crippen molar-refractivity contribution in [2.75, 3.05) is 23.6 Å². The maximum Gasteiger partial charge on any atom is 0.472 e. The second-order valence-electron chi connectivity index (χ2n) is 6.31. The number of aromatic nitrogens is 4. The number of carboxylic acids is 1. The van der Waals surface area contributed by atoms with Gasteiger partial charge in [0.15, 0.2) is 23.2 Å². The molecule has 158 valence electrons. The van der Waals surface area contributed by atoms with E-state index in [1.807, 2.05) is 0 Å². The number of carbonyl (C=O) groups is 1. The van der Waals surface area contributed by atoms with E-state index in [9.17, 15) is 19.4 Å². The first-order valence-corrected chi connectivity index (χ1v) is 11.2. The topological polar surface area (TPSA) is 178 Å². The Balaban J connectivity index is 1.49. The van der Waals surface area contributed by atoms with Crippen LogP contribution in [0.3, 0.4) is 0 Å². The van der Waals surface area contributed by atoms with Crippen molar-refractivity contribution in [3.63, 3.8) is 0 Å². The Morgan fingerprint density at radius 1 is 1.41 bits per heavy atom. The number of ether oxygens (including phenoxy) is 1. The van der Waals surface area contributed by atoms with Crippen LogP contribution in [0, 0.1) is 0 Å². The molecule has 13 nitrogen and oxygen atoms in total. The number of hydrogen-bond donors (Lipinski definition) is 4. The fraction of sp³-hybridized carbons (Fsp3) is 0.571. The molecule has 0 radical (unpaired) electrons. The average Bonchev–Trinajstić information content (AvgIpc) is 3.22. The molecule has 0 amide bonds. The summed E-state index contributed by atoms with van der Waals surface area (Å²) in [5, 5.41) is 22.3. The van der Waals surface area contributed by atoms with Gasteiger partial charge in [0, 0.05) is 5.75 Å². The summed E-state index contributed by atoms with van der Waals surface area (Å²) in [6, 6.07) is 0. The van der Waals surface area contributed by atoms with Crippen LogP contribution in [0.4, 0.5) is 5.82 Å². The maximum atomic E-state index is 11.6. The van der Waals surface area contributed by atoms with Gasteiger partial charge in [-0.3, -0.25) is 18.4 Å². The van der Waals surface area contributed by atoms with Crippen LogP contribution in [0.1, 0.15) is 12.6 Å². The van der Waals surface area contributed by atoms with E-state index in [1.165, 1.54) is 29.0 Å². The van der Waals surface area contributed by atoms with E-state index in [4.69, 9.17) is 18.9 Å². The fourth-order valence-electron chi connectivity index (χ4n) is 3.08. The molecule has 0 aromatic carbocycles. The van der Waals surface area contributed by atoms with Gasteiger partial charge in [0.1, 0.15) is 24.6 Å². The average molecular weight is 447 g/mol. The summed E-state index contributed by atoms with van der Waals surface area (Å²) in [4.78, 5) is 32.6. The number of aliphatic hydroxyl groups excluding tert-OH is 1. The van der Waals surface area contributed by atoms with Crippen LogP contribution in [-0.4, -0.2) is 77.1 Å². The Bertz CT molecular complexity index is 959. The number of nitrogens with one attached hydrogen (secondary N) is 1. The van der Waals surface area contributed by atoms with Gasteiger partial charge in [-0.25, -0.2) is 19.5 Å². The van der Waals surface area contributed by atoms with Crippen molar-refractivity contribution in [1.29, 1.82) is 0 Å². The van der Waals surface area contributed by atoms with Gasteiger partial charge in [0.05, 0.1) is 25.2 Å². The zero-order chi connectivity index (χ0) is 20.6. The summed E-state index contributed by atoms with van der Waals surface area (Å²) in [5.41, 5.74) is 0.816. The van der Waals surface area contributed by atoms with Crippen molar-refractivity contribution < 1.29 is 38.3 Å². The van der Waals surface area contributed by atoms with E-state index in [1.54, 1.807) is 0 Å². The second kappa shape index (κ2) is 8.14. The highest BCUT2D eigenvalue weighted by molar-refractivity contribution is 7.99. The second-order valence-corrected chi connectivity index (χ2v) is 8.82. The Hall–Kier alpha value is -1.80. The van der Waals surface area contributed by atoms with Gasteiger partial charge >= 0.3 is 13.8 Å². The van der Waals surface area contributed by atoms with Gasteiger partial charge in [-0.05, 0) is 0 Å². The van der Waals surface area contributed by atoms with Crippen molar-refractivity contribution in [2.24, 2.45) is 0 Å². The summed E-state index contributed by atoms with van der Waals surface area (Å²) in [7, 11) is -4.22. The molecular weight excluding hydrogens is 429 g/mol. The lowest BCUT2D eigenvalue weighted by Crippen LogP contribution is -2.39. The van der Waals surface area contributed by atoms with E-state index in [2.05, 4.69) is 20.3 Å². The van der Waals surface area contributed by atoms with Gasteiger partial charge in [-0.1, -0.05) is 0 Å². The van der Waals surface area contributed by atoms with Crippen molar-refractivity contribution in [1.82, 2.24) is 19.5 Å². The number of fused-ring (bicyclic) bond motifs is 2. The van der Waals surface area contributed by atoms with E-state index in [0.29, 0.717) is 28.6 Å². The molecule has 5 unspecified atom stereocenters. The molecule has 29 heavy (non-hydrogen) atoms. The van der Waals surface area contributed by atoms with Crippen molar-refractivity contribution >= 4 is 42.5 Å². The first-order chi connectivity index (χ1) is 13.9. The quantitative estimate of drug-likeness (QED) is 0.257.